The Hall–Kier alpha value is -1.07. The Morgan fingerprint density at radius 2 is 2.30 bits per heavy atom. The van der Waals surface area contributed by atoms with Gasteiger partial charge in [0.25, 0.3) is 0 Å². The van der Waals surface area contributed by atoms with Gasteiger partial charge in [0.15, 0.2) is 0 Å². The molecule has 1 aromatic rings. The normalized spacial score (nSPS) is 20.6. The second-order valence-electron chi connectivity index (χ2n) is 5.40. The van der Waals surface area contributed by atoms with Gasteiger partial charge in [0, 0.05) is 30.7 Å². The quantitative estimate of drug-likeness (QED) is 0.889. The fourth-order valence-corrected chi connectivity index (χ4v) is 3.32. The number of benzene rings is 1. The first-order valence-electron chi connectivity index (χ1n) is 7.04. The number of halogens is 1. The van der Waals surface area contributed by atoms with Gasteiger partial charge in [-0.05, 0) is 53.4 Å². The molecule has 2 atom stereocenters. The minimum absolute atomic E-state index is 0.0281. The van der Waals surface area contributed by atoms with Crippen molar-refractivity contribution >= 4 is 27.5 Å². The maximum atomic E-state index is 11.8. The van der Waals surface area contributed by atoms with Crippen LogP contribution in [0.2, 0.25) is 0 Å². The third-order valence-electron chi connectivity index (χ3n) is 3.88. The Morgan fingerprint density at radius 1 is 1.55 bits per heavy atom. The van der Waals surface area contributed by atoms with Gasteiger partial charge in [-0.3, -0.25) is 4.79 Å². The van der Waals surface area contributed by atoms with Gasteiger partial charge in [-0.25, -0.2) is 0 Å². The predicted molar refractivity (Wildman–Crippen MR) is 85.7 cm³/mol. The number of piperidine rings is 1. The number of nitrogens with two attached hydrogens (primary N) is 1. The Balaban J connectivity index is 2.17. The van der Waals surface area contributed by atoms with Crippen LogP contribution < -0.4 is 16.0 Å². The molecule has 1 saturated heterocycles. The molecule has 0 saturated carbocycles. The van der Waals surface area contributed by atoms with Gasteiger partial charge in [-0.1, -0.05) is 6.07 Å². The van der Waals surface area contributed by atoms with Gasteiger partial charge in [0.05, 0.1) is 11.6 Å². The van der Waals surface area contributed by atoms with Crippen LogP contribution in [0.5, 0.6) is 0 Å². The SMILES string of the molecule is CNC(=O)C1CCCN(c2ccc([C@@H](C)N)cc2Br)C1. The molecule has 0 bridgehead atoms. The molecule has 1 aliphatic rings. The van der Waals surface area contributed by atoms with Crippen LogP contribution in [0.25, 0.3) is 0 Å². The van der Waals surface area contributed by atoms with Gasteiger partial charge in [-0.15, -0.1) is 0 Å². The van der Waals surface area contributed by atoms with Gasteiger partial charge in [0.2, 0.25) is 5.91 Å². The number of rotatable bonds is 3. The molecule has 0 radical (unpaired) electrons. The van der Waals surface area contributed by atoms with Crippen molar-refractivity contribution < 1.29 is 4.79 Å². The molecule has 0 aliphatic carbocycles. The summed E-state index contributed by atoms with van der Waals surface area (Å²) in [5.41, 5.74) is 8.16. The van der Waals surface area contributed by atoms with Crippen LogP contribution in [0, 0.1) is 5.92 Å². The number of hydrogen-bond donors (Lipinski definition) is 2. The summed E-state index contributed by atoms with van der Waals surface area (Å²) in [7, 11) is 1.70. The van der Waals surface area contributed by atoms with E-state index in [0.717, 1.165) is 41.7 Å². The van der Waals surface area contributed by atoms with E-state index in [-0.39, 0.29) is 17.9 Å². The summed E-state index contributed by atoms with van der Waals surface area (Å²) in [6.45, 7) is 3.74. The van der Waals surface area contributed by atoms with E-state index < -0.39 is 0 Å². The first-order chi connectivity index (χ1) is 9.52. The fourth-order valence-electron chi connectivity index (χ4n) is 2.68. The summed E-state index contributed by atoms with van der Waals surface area (Å²) in [5.74, 6) is 0.215. The van der Waals surface area contributed by atoms with Gasteiger partial charge >= 0.3 is 0 Å². The summed E-state index contributed by atoms with van der Waals surface area (Å²) in [6, 6.07) is 6.26. The van der Waals surface area contributed by atoms with Crippen LogP contribution in [0.3, 0.4) is 0 Å². The molecule has 5 heteroatoms. The zero-order valence-corrected chi connectivity index (χ0v) is 13.6. The highest BCUT2D eigenvalue weighted by atomic mass is 79.9. The highest BCUT2D eigenvalue weighted by Gasteiger charge is 2.26. The predicted octanol–water partition coefficient (Wildman–Crippen LogP) is 2.43. The number of hydrogen-bond acceptors (Lipinski definition) is 3. The maximum Gasteiger partial charge on any atom is 0.224 e. The van der Waals surface area contributed by atoms with E-state index in [4.69, 9.17) is 5.73 Å². The van der Waals surface area contributed by atoms with E-state index in [0.29, 0.717) is 0 Å². The Labute approximate surface area is 128 Å². The first-order valence-corrected chi connectivity index (χ1v) is 7.83. The molecule has 1 amide bonds. The van der Waals surface area contributed by atoms with Crippen molar-refractivity contribution in [1.29, 1.82) is 0 Å². The zero-order valence-electron chi connectivity index (χ0n) is 12.0. The van der Waals surface area contributed by atoms with E-state index >= 15 is 0 Å². The average Bonchev–Trinajstić information content (AvgIpc) is 2.46. The molecule has 2 rings (SSSR count). The number of nitrogens with one attached hydrogen (secondary N) is 1. The topological polar surface area (TPSA) is 58.4 Å². The van der Waals surface area contributed by atoms with E-state index in [2.05, 4.69) is 44.3 Å². The third kappa shape index (κ3) is 3.33. The van der Waals surface area contributed by atoms with Crippen LogP contribution in [0.15, 0.2) is 22.7 Å². The molecule has 1 fully saturated rings. The maximum absolute atomic E-state index is 11.8. The van der Waals surface area contributed by atoms with Crippen molar-refractivity contribution in [1.82, 2.24) is 5.32 Å². The van der Waals surface area contributed by atoms with E-state index in [1.807, 2.05) is 6.92 Å². The van der Waals surface area contributed by atoms with Crippen molar-refractivity contribution in [3.8, 4) is 0 Å². The monoisotopic (exact) mass is 339 g/mol. The molecule has 110 valence electrons. The number of amides is 1. The van der Waals surface area contributed by atoms with Crippen molar-refractivity contribution in [3.63, 3.8) is 0 Å². The second-order valence-corrected chi connectivity index (χ2v) is 6.25. The second kappa shape index (κ2) is 6.59. The Kier molecular flexibility index (Phi) is 5.05. The van der Waals surface area contributed by atoms with Crippen LogP contribution in [-0.4, -0.2) is 26.0 Å². The molecule has 4 nitrogen and oxygen atoms in total. The molecule has 1 aliphatic heterocycles. The number of carbonyl (C=O) groups excluding carboxylic acids is 1. The standard InChI is InChI=1S/C15H22BrN3O/c1-10(17)11-5-6-14(13(16)8-11)19-7-3-4-12(9-19)15(20)18-2/h5-6,8,10,12H,3-4,7,9,17H2,1-2H3,(H,18,20)/t10-,12?/m1/s1. The van der Waals surface area contributed by atoms with E-state index in [1.54, 1.807) is 7.05 Å². The smallest absolute Gasteiger partial charge is 0.224 e. The lowest BCUT2D eigenvalue weighted by Gasteiger charge is -2.34. The van der Waals surface area contributed by atoms with E-state index in [9.17, 15) is 4.79 Å². The molecule has 0 spiro atoms. The van der Waals surface area contributed by atoms with Crippen molar-refractivity contribution in [2.45, 2.75) is 25.8 Å². The van der Waals surface area contributed by atoms with Crippen molar-refractivity contribution in [2.75, 3.05) is 25.0 Å². The highest BCUT2D eigenvalue weighted by molar-refractivity contribution is 9.10. The first kappa shape index (κ1) is 15.3. The highest BCUT2D eigenvalue weighted by Crippen LogP contribution is 2.32. The average molecular weight is 340 g/mol. The fraction of sp³-hybridized carbons (Fsp3) is 0.533. The summed E-state index contributed by atoms with van der Waals surface area (Å²) < 4.78 is 1.05. The largest absolute Gasteiger partial charge is 0.370 e. The lowest BCUT2D eigenvalue weighted by Crippen LogP contribution is -2.42. The summed E-state index contributed by atoms with van der Waals surface area (Å²) in [4.78, 5) is 14.1. The zero-order chi connectivity index (χ0) is 14.7. The lowest BCUT2D eigenvalue weighted by atomic mass is 9.96. The molecule has 1 heterocycles. The molecule has 1 unspecified atom stereocenters. The Morgan fingerprint density at radius 3 is 2.90 bits per heavy atom. The summed E-state index contributed by atoms with van der Waals surface area (Å²) in [6.07, 6.45) is 2.01. The van der Waals surface area contributed by atoms with E-state index in [1.165, 1.54) is 0 Å². The number of anilines is 1. The van der Waals surface area contributed by atoms with Crippen molar-refractivity contribution in [2.24, 2.45) is 11.7 Å². The summed E-state index contributed by atoms with van der Waals surface area (Å²) in [5, 5.41) is 2.75. The molecular formula is C15H22BrN3O. The van der Waals surface area contributed by atoms with Gasteiger partial charge in [0.1, 0.15) is 0 Å². The number of carbonyl (C=O) groups is 1. The number of nitrogens with zero attached hydrogens (tertiary/aromatic N) is 1. The third-order valence-corrected chi connectivity index (χ3v) is 4.51. The molecule has 3 N–H and O–H groups in total. The molecule has 1 aromatic carbocycles. The van der Waals surface area contributed by atoms with Gasteiger partial charge in [-0.2, -0.15) is 0 Å². The molecular weight excluding hydrogens is 318 g/mol. The van der Waals surface area contributed by atoms with Crippen LogP contribution >= 0.6 is 15.9 Å². The van der Waals surface area contributed by atoms with Crippen LogP contribution in [-0.2, 0) is 4.79 Å². The minimum atomic E-state index is 0.0281. The summed E-state index contributed by atoms with van der Waals surface area (Å²) >= 11 is 3.63. The van der Waals surface area contributed by atoms with Crippen LogP contribution in [0.4, 0.5) is 5.69 Å². The Bertz CT molecular complexity index is 490. The molecule has 20 heavy (non-hydrogen) atoms. The minimum Gasteiger partial charge on any atom is -0.370 e. The molecule has 0 aromatic heterocycles. The van der Waals surface area contributed by atoms with Crippen molar-refractivity contribution in [3.05, 3.63) is 28.2 Å². The van der Waals surface area contributed by atoms with Crippen LogP contribution in [0.1, 0.15) is 31.4 Å². The lowest BCUT2D eigenvalue weighted by molar-refractivity contribution is -0.124. The van der Waals surface area contributed by atoms with Gasteiger partial charge < -0.3 is 16.0 Å².